The van der Waals surface area contributed by atoms with Crippen LogP contribution in [-0.4, -0.2) is 28.0 Å². The molecule has 3 aromatic carbocycles. The summed E-state index contributed by atoms with van der Waals surface area (Å²) >= 11 is 19.6. The quantitative estimate of drug-likeness (QED) is 0.265. The Balaban J connectivity index is 1.72. The second-order valence-corrected chi connectivity index (χ2v) is 10.1. The summed E-state index contributed by atoms with van der Waals surface area (Å²) in [5.74, 6) is -2.99. The molecule has 1 heterocycles. The van der Waals surface area contributed by atoms with Gasteiger partial charge in [-0.1, -0.05) is 64.8 Å². The van der Waals surface area contributed by atoms with E-state index < -0.39 is 29.6 Å². The van der Waals surface area contributed by atoms with E-state index in [1.165, 1.54) is 4.90 Å². The zero-order valence-electron chi connectivity index (χ0n) is 18.7. The van der Waals surface area contributed by atoms with Crippen LogP contribution in [0.3, 0.4) is 0 Å². The molecule has 7 nitrogen and oxygen atoms in total. The minimum absolute atomic E-state index is 0.219. The number of amides is 2. The molecule has 11 heteroatoms. The summed E-state index contributed by atoms with van der Waals surface area (Å²) in [6, 6.07) is 17.7. The number of anilines is 2. The first-order valence-corrected chi connectivity index (χ1v) is 12.6. The van der Waals surface area contributed by atoms with Crippen molar-refractivity contribution in [2.24, 2.45) is 0 Å². The van der Waals surface area contributed by atoms with E-state index in [2.05, 4.69) is 5.32 Å². The first-order chi connectivity index (χ1) is 17.6. The van der Waals surface area contributed by atoms with Gasteiger partial charge in [0.05, 0.1) is 21.7 Å². The molecule has 0 aromatic heterocycles. The van der Waals surface area contributed by atoms with Gasteiger partial charge in [0.25, 0.3) is 5.91 Å². The molecular formula is C26H17Cl3N2O5S. The molecule has 1 aliphatic rings. The molecule has 3 aromatic rings. The van der Waals surface area contributed by atoms with Crippen molar-refractivity contribution >= 4 is 75.7 Å². The lowest BCUT2D eigenvalue weighted by atomic mass is 10.1. The lowest BCUT2D eigenvalue weighted by Gasteiger charge is -2.27. The lowest BCUT2D eigenvalue weighted by molar-refractivity contribution is -0.131. The molecule has 37 heavy (non-hydrogen) atoms. The topological polar surface area (TPSA) is 107 Å². The first kappa shape index (κ1) is 26.6. The van der Waals surface area contributed by atoms with Crippen LogP contribution in [0.15, 0.2) is 94.4 Å². The number of aliphatic hydroxyl groups is 1. The molecule has 0 saturated heterocycles. The van der Waals surface area contributed by atoms with E-state index in [9.17, 15) is 19.5 Å². The monoisotopic (exact) mass is 574 g/mol. The van der Waals surface area contributed by atoms with Gasteiger partial charge in [0.2, 0.25) is 5.91 Å². The van der Waals surface area contributed by atoms with Crippen LogP contribution in [0.1, 0.15) is 11.6 Å². The van der Waals surface area contributed by atoms with Crippen molar-refractivity contribution in [3.8, 4) is 0 Å². The summed E-state index contributed by atoms with van der Waals surface area (Å²) in [6.07, 6.45) is 1.57. The molecule has 188 valence electrons. The molecule has 2 amide bonds. The van der Waals surface area contributed by atoms with E-state index in [4.69, 9.17) is 39.9 Å². The van der Waals surface area contributed by atoms with Crippen molar-refractivity contribution in [3.63, 3.8) is 0 Å². The normalized spacial score (nSPS) is 15.5. The fourth-order valence-corrected chi connectivity index (χ4v) is 5.22. The molecule has 0 fully saturated rings. The van der Waals surface area contributed by atoms with Gasteiger partial charge >= 0.3 is 5.97 Å². The van der Waals surface area contributed by atoms with Crippen LogP contribution in [0.25, 0.3) is 0 Å². The highest BCUT2D eigenvalue weighted by Gasteiger charge is 2.42. The number of hydrogen-bond acceptors (Lipinski definition) is 5. The smallest absolute Gasteiger partial charge is 0.328 e. The minimum atomic E-state index is -1.27. The molecule has 0 aliphatic carbocycles. The summed E-state index contributed by atoms with van der Waals surface area (Å²) in [4.78, 5) is 38.3. The van der Waals surface area contributed by atoms with Gasteiger partial charge in [-0.05, 0) is 54.1 Å². The number of carboxylic acids is 1. The lowest BCUT2D eigenvalue weighted by Crippen LogP contribution is -2.30. The predicted octanol–water partition coefficient (Wildman–Crippen LogP) is 6.88. The van der Waals surface area contributed by atoms with Crippen molar-refractivity contribution in [2.45, 2.75) is 10.9 Å². The molecule has 0 bridgehead atoms. The Morgan fingerprint density at radius 3 is 2.35 bits per heavy atom. The van der Waals surface area contributed by atoms with E-state index in [0.717, 1.165) is 17.8 Å². The molecule has 1 atom stereocenters. The van der Waals surface area contributed by atoms with Gasteiger partial charge < -0.3 is 15.5 Å². The Bertz CT molecular complexity index is 1460. The van der Waals surface area contributed by atoms with Gasteiger partial charge in [0.1, 0.15) is 0 Å². The maximum Gasteiger partial charge on any atom is 0.328 e. The number of rotatable bonds is 7. The van der Waals surface area contributed by atoms with Crippen LogP contribution in [0, 0.1) is 0 Å². The summed E-state index contributed by atoms with van der Waals surface area (Å²) in [7, 11) is 0. The van der Waals surface area contributed by atoms with Crippen LogP contribution in [-0.2, 0) is 14.4 Å². The van der Waals surface area contributed by atoms with E-state index in [-0.39, 0.29) is 10.7 Å². The zero-order valence-corrected chi connectivity index (χ0v) is 21.8. The van der Waals surface area contributed by atoms with Gasteiger partial charge in [0, 0.05) is 32.8 Å². The van der Waals surface area contributed by atoms with Gasteiger partial charge in [-0.25, -0.2) is 4.79 Å². The third-order valence-electron chi connectivity index (χ3n) is 5.23. The molecule has 1 unspecified atom stereocenters. The first-order valence-electron chi connectivity index (χ1n) is 10.6. The fraction of sp³-hybridized carbons (Fsp3) is 0.0385. The largest absolute Gasteiger partial charge is 0.502 e. The molecule has 0 spiro atoms. The second kappa shape index (κ2) is 11.3. The highest BCUT2D eigenvalue weighted by Crippen LogP contribution is 2.48. The van der Waals surface area contributed by atoms with Crippen molar-refractivity contribution < 1.29 is 24.6 Å². The summed E-state index contributed by atoms with van der Waals surface area (Å²) in [5.41, 5.74) is 1.42. The predicted molar refractivity (Wildman–Crippen MR) is 146 cm³/mol. The number of carboxylic acid groups (broad SMARTS) is 1. The number of thioether (sulfide) groups is 1. The number of halogens is 3. The number of benzene rings is 3. The fourth-order valence-electron chi connectivity index (χ4n) is 3.64. The number of carbonyl (C=O) groups is 3. The number of nitrogens with zero attached hydrogens (tertiary/aromatic N) is 1. The maximum atomic E-state index is 13.3. The number of carbonyl (C=O) groups excluding carboxylic acids is 2. The van der Waals surface area contributed by atoms with Crippen LogP contribution in [0.4, 0.5) is 11.4 Å². The number of aliphatic hydroxyl groups excluding tert-OH is 1. The SMILES string of the molecule is O=C(O)/C=C\C(=O)Nc1cc(SC2=C(O)C(=O)N(c3cccc(Cl)c3)C2c2ccc(Cl)cc2)ccc1Cl. The molecule has 0 saturated carbocycles. The zero-order chi connectivity index (χ0) is 26.7. The number of nitrogens with one attached hydrogen (secondary N) is 1. The van der Waals surface area contributed by atoms with Crippen LogP contribution >= 0.6 is 46.6 Å². The Kier molecular flexibility index (Phi) is 8.14. The number of hydrogen-bond donors (Lipinski definition) is 3. The molecule has 0 radical (unpaired) electrons. The summed E-state index contributed by atoms with van der Waals surface area (Å²) in [5, 5.41) is 23.3. The minimum Gasteiger partial charge on any atom is -0.502 e. The number of aliphatic carboxylic acids is 1. The van der Waals surface area contributed by atoms with E-state index in [0.29, 0.717) is 37.2 Å². The third kappa shape index (κ3) is 6.11. The van der Waals surface area contributed by atoms with Gasteiger partial charge in [0.15, 0.2) is 5.76 Å². The average molecular weight is 576 g/mol. The third-order valence-corrected chi connectivity index (χ3v) is 7.18. The van der Waals surface area contributed by atoms with Crippen molar-refractivity contribution in [3.05, 3.63) is 110 Å². The van der Waals surface area contributed by atoms with Crippen LogP contribution in [0.5, 0.6) is 0 Å². The molecule has 4 rings (SSSR count). The maximum absolute atomic E-state index is 13.3. The highest BCUT2D eigenvalue weighted by molar-refractivity contribution is 8.03. The molecular weight excluding hydrogens is 559 g/mol. The molecule has 3 N–H and O–H groups in total. The van der Waals surface area contributed by atoms with Crippen molar-refractivity contribution in [1.29, 1.82) is 0 Å². The van der Waals surface area contributed by atoms with Gasteiger partial charge in [-0.3, -0.25) is 14.5 Å². The average Bonchev–Trinajstić information content (AvgIpc) is 3.10. The Morgan fingerprint density at radius 2 is 1.68 bits per heavy atom. The second-order valence-electron chi connectivity index (χ2n) is 7.73. The van der Waals surface area contributed by atoms with E-state index in [1.54, 1.807) is 66.7 Å². The van der Waals surface area contributed by atoms with Crippen molar-refractivity contribution in [1.82, 2.24) is 0 Å². The van der Waals surface area contributed by atoms with Gasteiger partial charge in [-0.15, -0.1) is 0 Å². The van der Waals surface area contributed by atoms with E-state index in [1.807, 2.05) is 0 Å². The highest BCUT2D eigenvalue weighted by atomic mass is 35.5. The van der Waals surface area contributed by atoms with Crippen LogP contribution < -0.4 is 10.2 Å². The van der Waals surface area contributed by atoms with Crippen molar-refractivity contribution in [2.75, 3.05) is 10.2 Å². The summed E-state index contributed by atoms with van der Waals surface area (Å²) in [6.45, 7) is 0. The molecule has 1 aliphatic heterocycles. The Morgan fingerprint density at radius 1 is 0.946 bits per heavy atom. The van der Waals surface area contributed by atoms with Gasteiger partial charge in [-0.2, -0.15) is 0 Å². The Hall–Kier alpha value is -3.43. The standard InChI is InChI=1S/C26H17Cl3N2O5S/c27-15-6-4-14(5-7-15)23-25(24(35)26(36)31(23)17-3-1-2-16(28)12-17)37-18-8-9-19(29)20(13-18)30-21(32)10-11-22(33)34/h1-13,23,35H,(H,30,32)(H,33,34)/b11-10-. The van der Waals surface area contributed by atoms with E-state index >= 15 is 0 Å². The van der Waals surface area contributed by atoms with Crippen LogP contribution in [0.2, 0.25) is 15.1 Å². The summed E-state index contributed by atoms with van der Waals surface area (Å²) < 4.78 is 0. The Labute approximate surface area is 230 Å².